The van der Waals surface area contributed by atoms with Crippen LogP contribution in [-0.2, 0) is 4.74 Å². The number of carbonyl (C=O) groups excluding carboxylic acids is 2. The van der Waals surface area contributed by atoms with Gasteiger partial charge in [0.2, 0.25) is 0 Å². The summed E-state index contributed by atoms with van der Waals surface area (Å²) >= 11 is 0. The molecule has 0 aliphatic carbocycles. The van der Waals surface area contributed by atoms with Crippen LogP contribution in [0.1, 0.15) is 45.1 Å². The maximum absolute atomic E-state index is 12.6. The zero-order chi connectivity index (χ0) is 18.7. The zero-order valence-corrected chi connectivity index (χ0v) is 15.3. The number of nitrogens with one attached hydrogen (secondary N) is 2. The number of rotatable bonds is 4. The van der Waals surface area contributed by atoms with E-state index in [1.165, 1.54) is 0 Å². The van der Waals surface area contributed by atoms with Crippen molar-refractivity contribution in [3.63, 3.8) is 0 Å². The summed E-state index contributed by atoms with van der Waals surface area (Å²) in [5, 5.41) is 7.33. The standard InChI is InChI=1S/C19H25N3O3/c1-18(2,3)25-17(24)21-12-19(4,5)22-16(23)15-14-9-7-6-8-13(14)10-11-20-15/h6-11H,12H2,1-5H3,(H,21,24)(H,22,23). The van der Waals surface area contributed by atoms with Gasteiger partial charge in [-0.2, -0.15) is 0 Å². The Morgan fingerprint density at radius 1 is 1.08 bits per heavy atom. The van der Waals surface area contributed by atoms with Crippen molar-refractivity contribution in [2.45, 2.75) is 45.8 Å². The lowest BCUT2D eigenvalue weighted by molar-refractivity contribution is 0.0509. The van der Waals surface area contributed by atoms with Crippen molar-refractivity contribution in [1.82, 2.24) is 15.6 Å². The number of ether oxygens (including phenoxy) is 1. The number of fused-ring (bicyclic) bond motifs is 1. The molecule has 2 aromatic rings. The van der Waals surface area contributed by atoms with E-state index in [4.69, 9.17) is 4.74 Å². The predicted molar refractivity (Wildman–Crippen MR) is 97.5 cm³/mol. The van der Waals surface area contributed by atoms with Crippen LogP contribution in [0, 0.1) is 0 Å². The highest BCUT2D eigenvalue weighted by molar-refractivity contribution is 6.05. The first-order valence-electron chi connectivity index (χ1n) is 8.20. The summed E-state index contributed by atoms with van der Waals surface area (Å²) in [6, 6.07) is 9.45. The molecule has 0 aliphatic rings. The van der Waals surface area contributed by atoms with Crippen LogP contribution < -0.4 is 10.6 Å². The van der Waals surface area contributed by atoms with Crippen LogP contribution in [0.3, 0.4) is 0 Å². The molecule has 1 aromatic carbocycles. The third-order valence-corrected chi connectivity index (χ3v) is 3.41. The van der Waals surface area contributed by atoms with Crippen LogP contribution in [0.4, 0.5) is 4.79 Å². The molecule has 0 atom stereocenters. The molecule has 1 heterocycles. The fourth-order valence-corrected chi connectivity index (χ4v) is 2.32. The Hall–Kier alpha value is -2.63. The molecular formula is C19H25N3O3. The Bertz CT molecular complexity index is 774. The van der Waals surface area contributed by atoms with Crippen LogP contribution in [-0.4, -0.2) is 34.7 Å². The molecule has 0 aliphatic heterocycles. The number of aromatic nitrogens is 1. The minimum absolute atomic E-state index is 0.235. The van der Waals surface area contributed by atoms with E-state index < -0.39 is 17.2 Å². The predicted octanol–water partition coefficient (Wildman–Crippen LogP) is 3.27. The van der Waals surface area contributed by atoms with Crippen LogP contribution in [0.25, 0.3) is 10.8 Å². The molecule has 0 unspecified atom stereocenters. The number of nitrogens with zero attached hydrogens (tertiary/aromatic N) is 1. The molecule has 134 valence electrons. The Morgan fingerprint density at radius 2 is 1.76 bits per heavy atom. The number of alkyl carbamates (subject to hydrolysis) is 1. The average molecular weight is 343 g/mol. The maximum Gasteiger partial charge on any atom is 0.407 e. The first-order valence-corrected chi connectivity index (χ1v) is 8.20. The minimum Gasteiger partial charge on any atom is -0.444 e. The number of pyridine rings is 1. The van der Waals surface area contributed by atoms with Gasteiger partial charge in [0, 0.05) is 18.1 Å². The maximum atomic E-state index is 12.6. The van der Waals surface area contributed by atoms with Gasteiger partial charge in [0.25, 0.3) is 5.91 Å². The summed E-state index contributed by atoms with van der Waals surface area (Å²) in [5.74, 6) is -0.284. The number of benzene rings is 1. The largest absolute Gasteiger partial charge is 0.444 e. The molecule has 6 nitrogen and oxygen atoms in total. The number of hydrogen-bond acceptors (Lipinski definition) is 4. The van der Waals surface area contributed by atoms with Crippen molar-refractivity contribution in [1.29, 1.82) is 0 Å². The summed E-state index contributed by atoms with van der Waals surface area (Å²) in [6.07, 6.45) is 1.10. The van der Waals surface area contributed by atoms with Crippen LogP contribution >= 0.6 is 0 Å². The van der Waals surface area contributed by atoms with Gasteiger partial charge in [-0.25, -0.2) is 4.79 Å². The normalized spacial score (nSPS) is 11.9. The van der Waals surface area contributed by atoms with Crippen molar-refractivity contribution >= 4 is 22.8 Å². The summed E-state index contributed by atoms with van der Waals surface area (Å²) in [7, 11) is 0. The molecule has 0 bridgehead atoms. The van der Waals surface area contributed by atoms with Crippen molar-refractivity contribution in [3.05, 3.63) is 42.2 Å². The number of amides is 2. The molecule has 6 heteroatoms. The fourth-order valence-electron chi connectivity index (χ4n) is 2.32. The molecule has 2 N–H and O–H groups in total. The number of carbonyl (C=O) groups is 2. The fraction of sp³-hybridized carbons (Fsp3) is 0.421. The molecule has 0 saturated heterocycles. The Labute approximate surface area is 148 Å². The summed E-state index contributed by atoms with van der Waals surface area (Å²) < 4.78 is 5.21. The topological polar surface area (TPSA) is 80.3 Å². The second-order valence-corrected chi connectivity index (χ2v) is 7.57. The third-order valence-electron chi connectivity index (χ3n) is 3.41. The highest BCUT2D eigenvalue weighted by atomic mass is 16.6. The first-order chi connectivity index (χ1) is 11.6. The summed E-state index contributed by atoms with van der Waals surface area (Å²) in [5.41, 5.74) is -0.861. The lowest BCUT2D eigenvalue weighted by atomic mass is 10.0. The smallest absolute Gasteiger partial charge is 0.407 e. The average Bonchev–Trinajstić information content (AvgIpc) is 2.50. The third kappa shape index (κ3) is 5.45. The lowest BCUT2D eigenvalue weighted by Crippen LogP contribution is -2.52. The van der Waals surface area contributed by atoms with Gasteiger partial charge in [0.15, 0.2) is 0 Å². The van der Waals surface area contributed by atoms with E-state index in [9.17, 15) is 9.59 Å². The van der Waals surface area contributed by atoms with Crippen molar-refractivity contribution in [3.8, 4) is 0 Å². The highest BCUT2D eigenvalue weighted by Crippen LogP contribution is 2.17. The van der Waals surface area contributed by atoms with Gasteiger partial charge >= 0.3 is 6.09 Å². The lowest BCUT2D eigenvalue weighted by Gasteiger charge is -2.27. The highest BCUT2D eigenvalue weighted by Gasteiger charge is 2.25. The summed E-state index contributed by atoms with van der Waals surface area (Å²) in [4.78, 5) is 28.6. The summed E-state index contributed by atoms with van der Waals surface area (Å²) in [6.45, 7) is 9.28. The molecule has 1 aromatic heterocycles. The Morgan fingerprint density at radius 3 is 2.44 bits per heavy atom. The Balaban J connectivity index is 2.04. The van der Waals surface area contributed by atoms with Gasteiger partial charge in [-0.05, 0) is 46.1 Å². The van der Waals surface area contributed by atoms with E-state index in [0.717, 1.165) is 10.8 Å². The Kier molecular flexibility index (Phi) is 5.30. The molecule has 2 amide bonds. The van der Waals surface area contributed by atoms with E-state index >= 15 is 0 Å². The van der Waals surface area contributed by atoms with Gasteiger partial charge in [0.05, 0.1) is 5.54 Å². The second kappa shape index (κ2) is 7.09. The van der Waals surface area contributed by atoms with Gasteiger partial charge in [0.1, 0.15) is 11.3 Å². The van der Waals surface area contributed by atoms with E-state index in [2.05, 4.69) is 15.6 Å². The van der Waals surface area contributed by atoms with E-state index in [0.29, 0.717) is 5.69 Å². The van der Waals surface area contributed by atoms with Gasteiger partial charge in [-0.3, -0.25) is 9.78 Å². The SMILES string of the molecule is CC(C)(CNC(=O)OC(C)(C)C)NC(=O)c1nccc2ccccc12. The first kappa shape index (κ1) is 18.7. The monoisotopic (exact) mass is 343 g/mol. The van der Waals surface area contributed by atoms with Crippen molar-refractivity contribution < 1.29 is 14.3 Å². The molecule has 0 saturated carbocycles. The van der Waals surface area contributed by atoms with Crippen LogP contribution in [0.2, 0.25) is 0 Å². The molecule has 0 spiro atoms. The van der Waals surface area contributed by atoms with Gasteiger partial charge in [-0.15, -0.1) is 0 Å². The number of hydrogen-bond donors (Lipinski definition) is 2. The van der Waals surface area contributed by atoms with E-state index in [1.54, 1.807) is 27.0 Å². The van der Waals surface area contributed by atoms with E-state index in [-0.39, 0.29) is 12.5 Å². The van der Waals surface area contributed by atoms with Crippen LogP contribution in [0.15, 0.2) is 36.5 Å². The molecule has 25 heavy (non-hydrogen) atoms. The molecule has 2 rings (SSSR count). The molecular weight excluding hydrogens is 318 g/mol. The van der Waals surface area contributed by atoms with E-state index in [1.807, 2.05) is 44.2 Å². The van der Waals surface area contributed by atoms with Gasteiger partial charge in [-0.1, -0.05) is 24.3 Å². The quantitative estimate of drug-likeness (QED) is 0.893. The second-order valence-electron chi connectivity index (χ2n) is 7.57. The minimum atomic E-state index is -0.660. The van der Waals surface area contributed by atoms with Crippen molar-refractivity contribution in [2.75, 3.05) is 6.54 Å². The molecule has 0 radical (unpaired) electrons. The molecule has 0 fully saturated rings. The van der Waals surface area contributed by atoms with Crippen LogP contribution in [0.5, 0.6) is 0 Å². The van der Waals surface area contributed by atoms with Gasteiger partial charge < -0.3 is 15.4 Å². The zero-order valence-electron chi connectivity index (χ0n) is 15.3. The van der Waals surface area contributed by atoms with Crippen molar-refractivity contribution in [2.24, 2.45) is 0 Å².